The van der Waals surface area contributed by atoms with Crippen LogP contribution in [-0.2, 0) is 11.3 Å². The second-order valence-corrected chi connectivity index (χ2v) is 6.22. The smallest absolute Gasteiger partial charge is 0.310 e. The fourth-order valence-electron chi connectivity index (χ4n) is 3.38. The average molecular weight is 293 g/mol. The summed E-state index contributed by atoms with van der Waals surface area (Å²) < 4.78 is 13.4. The van der Waals surface area contributed by atoms with E-state index in [1.54, 1.807) is 12.1 Å². The highest BCUT2D eigenvalue weighted by molar-refractivity contribution is 5.75. The van der Waals surface area contributed by atoms with Crippen molar-refractivity contribution in [3.63, 3.8) is 0 Å². The molecule has 0 amide bonds. The lowest BCUT2D eigenvalue weighted by atomic mass is 9.76. The molecule has 1 heterocycles. The molecular formula is C17H24FNO2. The monoisotopic (exact) mass is 293 g/mol. The van der Waals surface area contributed by atoms with Gasteiger partial charge in [-0.1, -0.05) is 19.4 Å². The van der Waals surface area contributed by atoms with Crippen LogP contribution in [0, 0.1) is 18.2 Å². The Morgan fingerprint density at radius 3 is 2.90 bits per heavy atom. The van der Waals surface area contributed by atoms with Crippen molar-refractivity contribution in [2.45, 2.75) is 46.1 Å². The van der Waals surface area contributed by atoms with E-state index in [0.29, 0.717) is 19.5 Å². The van der Waals surface area contributed by atoms with Gasteiger partial charge in [-0.05, 0) is 56.0 Å². The van der Waals surface area contributed by atoms with E-state index < -0.39 is 11.4 Å². The normalized spacial score (nSPS) is 23.2. The molecule has 0 radical (unpaired) electrons. The molecule has 1 aliphatic rings. The third-order valence-electron chi connectivity index (χ3n) is 4.54. The third kappa shape index (κ3) is 3.62. The highest BCUT2D eigenvalue weighted by Crippen LogP contribution is 2.35. The van der Waals surface area contributed by atoms with Gasteiger partial charge in [-0.15, -0.1) is 0 Å². The van der Waals surface area contributed by atoms with Crippen LogP contribution in [0.25, 0.3) is 0 Å². The van der Waals surface area contributed by atoms with Crippen LogP contribution in [0.2, 0.25) is 0 Å². The number of carbonyl (C=O) groups is 1. The van der Waals surface area contributed by atoms with E-state index in [9.17, 15) is 14.3 Å². The molecule has 116 valence electrons. The second-order valence-electron chi connectivity index (χ2n) is 6.22. The van der Waals surface area contributed by atoms with E-state index in [4.69, 9.17) is 0 Å². The lowest BCUT2D eigenvalue weighted by Crippen LogP contribution is -2.47. The van der Waals surface area contributed by atoms with Crippen molar-refractivity contribution in [1.82, 2.24) is 4.90 Å². The molecule has 3 nitrogen and oxygen atoms in total. The number of likely N-dealkylation sites (tertiary alicyclic amines) is 1. The van der Waals surface area contributed by atoms with E-state index in [0.717, 1.165) is 36.9 Å². The number of hydrogen-bond acceptors (Lipinski definition) is 2. The molecular weight excluding hydrogens is 269 g/mol. The first-order valence-electron chi connectivity index (χ1n) is 7.67. The maximum Gasteiger partial charge on any atom is 0.310 e. The van der Waals surface area contributed by atoms with Gasteiger partial charge in [-0.2, -0.15) is 0 Å². The summed E-state index contributed by atoms with van der Waals surface area (Å²) in [5.41, 5.74) is 1.37. The predicted octanol–water partition coefficient (Wildman–Crippen LogP) is 3.60. The van der Waals surface area contributed by atoms with Gasteiger partial charge in [0.15, 0.2) is 0 Å². The second kappa shape index (κ2) is 6.56. The highest BCUT2D eigenvalue weighted by Gasteiger charge is 2.41. The van der Waals surface area contributed by atoms with Crippen LogP contribution >= 0.6 is 0 Å². The zero-order chi connectivity index (χ0) is 15.5. The Kier molecular flexibility index (Phi) is 4.99. The predicted molar refractivity (Wildman–Crippen MR) is 80.6 cm³/mol. The summed E-state index contributed by atoms with van der Waals surface area (Å²) in [6, 6.07) is 4.81. The highest BCUT2D eigenvalue weighted by atomic mass is 19.1. The summed E-state index contributed by atoms with van der Waals surface area (Å²) in [6.07, 6.45) is 3.22. The van der Waals surface area contributed by atoms with Gasteiger partial charge in [-0.3, -0.25) is 9.69 Å². The SMILES string of the molecule is CCCC1(C(=O)O)CCCN(Cc2cc(F)ccc2C)C1. The van der Waals surface area contributed by atoms with Crippen LogP contribution in [0.1, 0.15) is 43.7 Å². The Morgan fingerprint density at radius 2 is 2.24 bits per heavy atom. The maximum atomic E-state index is 13.4. The van der Waals surface area contributed by atoms with Crippen molar-refractivity contribution in [3.05, 3.63) is 35.1 Å². The Balaban J connectivity index is 2.13. The summed E-state index contributed by atoms with van der Waals surface area (Å²) in [4.78, 5) is 13.9. The molecule has 0 aromatic heterocycles. The molecule has 1 aromatic carbocycles. The molecule has 1 fully saturated rings. The molecule has 1 aliphatic heterocycles. The molecule has 0 aliphatic carbocycles. The molecule has 1 unspecified atom stereocenters. The van der Waals surface area contributed by atoms with Crippen LogP contribution < -0.4 is 0 Å². The number of carboxylic acid groups (broad SMARTS) is 1. The molecule has 1 atom stereocenters. The van der Waals surface area contributed by atoms with Crippen LogP contribution in [0.15, 0.2) is 18.2 Å². The Hall–Kier alpha value is -1.42. The van der Waals surface area contributed by atoms with Crippen molar-refractivity contribution < 1.29 is 14.3 Å². The average Bonchev–Trinajstić information content (AvgIpc) is 2.43. The van der Waals surface area contributed by atoms with Crippen molar-refractivity contribution >= 4 is 5.97 Å². The van der Waals surface area contributed by atoms with E-state index in [1.807, 2.05) is 13.8 Å². The summed E-state index contributed by atoms with van der Waals surface area (Å²) in [5.74, 6) is -0.921. The van der Waals surface area contributed by atoms with Crippen molar-refractivity contribution in [2.75, 3.05) is 13.1 Å². The zero-order valence-electron chi connectivity index (χ0n) is 12.9. The number of hydrogen-bond donors (Lipinski definition) is 1. The third-order valence-corrected chi connectivity index (χ3v) is 4.54. The van der Waals surface area contributed by atoms with Crippen molar-refractivity contribution in [1.29, 1.82) is 0 Å². The van der Waals surface area contributed by atoms with E-state index in [1.165, 1.54) is 6.07 Å². The molecule has 0 saturated carbocycles. The van der Waals surface area contributed by atoms with Crippen LogP contribution in [0.4, 0.5) is 4.39 Å². The zero-order valence-corrected chi connectivity index (χ0v) is 12.9. The van der Waals surface area contributed by atoms with Gasteiger partial charge in [0.05, 0.1) is 5.41 Å². The van der Waals surface area contributed by atoms with E-state index in [2.05, 4.69) is 4.90 Å². The number of rotatable bonds is 5. The van der Waals surface area contributed by atoms with Crippen molar-refractivity contribution in [3.8, 4) is 0 Å². The lowest BCUT2D eigenvalue weighted by molar-refractivity contribution is -0.153. The first-order chi connectivity index (χ1) is 9.97. The van der Waals surface area contributed by atoms with Gasteiger partial charge in [0.25, 0.3) is 0 Å². The minimum atomic E-state index is -0.690. The standard InChI is InChI=1S/C17H24FNO2/c1-3-7-17(16(20)21)8-4-9-19(12-17)11-14-10-15(18)6-5-13(14)2/h5-6,10H,3-4,7-9,11-12H2,1-2H3,(H,20,21). The molecule has 0 spiro atoms. The molecule has 1 aromatic rings. The summed E-state index contributed by atoms with van der Waals surface area (Å²) in [6.45, 7) is 6.07. The minimum Gasteiger partial charge on any atom is -0.481 e. The summed E-state index contributed by atoms with van der Waals surface area (Å²) in [5, 5.41) is 9.62. The first kappa shape index (κ1) is 16.0. The quantitative estimate of drug-likeness (QED) is 0.901. The van der Waals surface area contributed by atoms with Gasteiger partial charge in [0.2, 0.25) is 0 Å². The molecule has 1 N–H and O–H groups in total. The number of halogens is 1. The van der Waals surface area contributed by atoms with Gasteiger partial charge in [0.1, 0.15) is 5.82 Å². The Labute approximate surface area is 125 Å². The lowest BCUT2D eigenvalue weighted by Gasteiger charge is -2.40. The van der Waals surface area contributed by atoms with E-state index in [-0.39, 0.29) is 5.82 Å². The molecule has 21 heavy (non-hydrogen) atoms. The summed E-state index contributed by atoms with van der Waals surface area (Å²) in [7, 11) is 0. The number of aryl methyl sites for hydroxylation is 1. The Bertz CT molecular complexity index is 514. The number of carboxylic acids is 1. The largest absolute Gasteiger partial charge is 0.481 e. The molecule has 2 rings (SSSR count). The van der Waals surface area contributed by atoms with Crippen LogP contribution in [0.5, 0.6) is 0 Å². The van der Waals surface area contributed by atoms with E-state index >= 15 is 0 Å². The van der Waals surface area contributed by atoms with Gasteiger partial charge < -0.3 is 5.11 Å². The van der Waals surface area contributed by atoms with Crippen LogP contribution in [0.3, 0.4) is 0 Å². The number of aliphatic carboxylic acids is 1. The maximum absolute atomic E-state index is 13.4. The number of benzene rings is 1. The fourth-order valence-corrected chi connectivity index (χ4v) is 3.38. The van der Waals surface area contributed by atoms with Crippen molar-refractivity contribution in [2.24, 2.45) is 5.41 Å². The molecule has 4 heteroatoms. The van der Waals surface area contributed by atoms with Gasteiger partial charge in [-0.25, -0.2) is 4.39 Å². The first-order valence-corrected chi connectivity index (χ1v) is 7.67. The molecule has 0 bridgehead atoms. The van der Waals surface area contributed by atoms with Gasteiger partial charge >= 0.3 is 5.97 Å². The van der Waals surface area contributed by atoms with Gasteiger partial charge in [0, 0.05) is 13.1 Å². The number of piperidine rings is 1. The minimum absolute atomic E-state index is 0.231. The number of nitrogens with zero attached hydrogens (tertiary/aromatic N) is 1. The topological polar surface area (TPSA) is 40.5 Å². The summed E-state index contributed by atoms with van der Waals surface area (Å²) >= 11 is 0. The van der Waals surface area contributed by atoms with Crippen LogP contribution in [-0.4, -0.2) is 29.1 Å². The fraction of sp³-hybridized carbons (Fsp3) is 0.588. The Morgan fingerprint density at radius 1 is 1.48 bits per heavy atom. The molecule has 1 saturated heterocycles.